The van der Waals surface area contributed by atoms with E-state index < -0.39 is 0 Å². The van der Waals surface area contributed by atoms with Crippen LogP contribution in [0.2, 0.25) is 0 Å². The zero-order chi connectivity index (χ0) is 48.0. The minimum atomic E-state index is -0.101. The van der Waals surface area contributed by atoms with Crippen molar-refractivity contribution in [2.45, 2.75) is 38.5 Å². The molecular weight excluding hydrogens is 865 g/mol. The number of rotatable bonds is 4. The van der Waals surface area contributed by atoms with Crippen molar-refractivity contribution in [3.63, 3.8) is 0 Å². The molecule has 0 atom stereocenters. The molecule has 2 aliphatic carbocycles. The first-order valence-corrected chi connectivity index (χ1v) is 25.6. The van der Waals surface area contributed by atoms with Crippen LogP contribution < -0.4 is 0 Å². The highest BCUT2D eigenvalue weighted by molar-refractivity contribution is 6.33. The smallest absolute Gasteiger partial charge is 0.0159 e. The maximum Gasteiger partial charge on any atom is 0.0159 e. The highest BCUT2D eigenvalue weighted by Gasteiger charge is 2.37. The molecule has 0 unspecified atom stereocenters. The van der Waals surface area contributed by atoms with E-state index >= 15 is 0 Å². The summed E-state index contributed by atoms with van der Waals surface area (Å²) in [7, 11) is 0. The summed E-state index contributed by atoms with van der Waals surface area (Å²) in [4.78, 5) is 0. The maximum absolute atomic E-state index is 2.49. The van der Waals surface area contributed by atoms with Crippen LogP contribution in [0, 0.1) is 0 Å². The van der Waals surface area contributed by atoms with Gasteiger partial charge >= 0.3 is 0 Å². The summed E-state index contributed by atoms with van der Waals surface area (Å²) in [5.41, 5.74) is 21.0. The fourth-order valence-electron chi connectivity index (χ4n) is 13.8. The van der Waals surface area contributed by atoms with Crippen molar-refractivity contribution in [1.29, 1.82) is 0 Å². The molecule has 0 heterocycles. The van der Waals surface area contributed by atoms with Crippen molar-refractivity contribution in [2.24, 2.45) is 0 Å². The average Bonchev–Trinajstić information content (AvgIpc) is 3.80. The molecule has 13 aromatic rings. The minimum Gasteiger partial charge on any atom is -0.0619 e. The number of hydrogen-bond acceptors (Lipinski definition) is 0. The molecule has 0 nitrogen and oxygen atoms in total. The lowest BCUT2D eigenvalue weighted by molar-refractivity contribution is 0.660. The monoisotopic (exact) mass is 914 g/mol. The normalized spacial score (nSPS) is 14.1. The molecule has 338 valence electrons. The first-order chi connectivity index (χ1) is 35.3. The Hall–Kier alpha value is -8.58. The summed E-state index contributed by atoms with van der Waals surface area (Å²) in [6, 6.07) is 87.5. The van der Waals surface area contributed by atoms with Crippen LogP contribution in [0.4, 0.5) is 0 Å². The second kappa shape index (κ2) is 15.0. The Morgan fingerprint density at radius 3 is 0.667 bits per heavy atom. The van der Waals surface area contributed by atoms with Gasteiger partial charge in [0.15, 0.2) is 0 Å². The molecule has 13 aromatic carbocycles. The van der Waals surface area contributed by atoms with Gasteiger partial charge in [-0.2, -0.15) is 0 Å². The molecule has 0 heteroatoms. The number of fused-ring (bicyclic) bond motifs is 12. The van der Waals surface area contributed by atoms with Gasteiger partial charge in [0.05, 0.1) is 0 Å². The summed E-state index contributed by atoms with van der Waals surface area (Å²) >= 11 is 0. The van der Waals surface area contributed by atoms with Gasteiger partial charge in [0, 0.05) is 10.8 Å². The molecule has 72 heavy (non-hydrogen) atoms. The van der Waals surface area contributed by atoms with Crippen LogP contribution in [-0.4, -0.2) is 0 Å². The highest BCUT2D eigenvalue weighted by atomic mass is 14.4. The summed E-state index contributed by atoms with van der Waals surface area (Å²) in [6.07, 6.45) is 0. The molecule has 0 aliphatic heterocycles. The van der Waals surface area contributed by atoms with Crippen LogP contribution >= 0.6 is 0 Å². The molecule has 0 fully saturated rings. The Morgan fingerprint density at radius 2 is 0.403 bits per heavy atom. The quantitative estimate of drug-likeness (QED) is 0.154. The molecule has 0 saturated heterocycles. The van der Waals surface area contributed by atoms with Gasteiger partial charge in [-0.15, -0.1) is 0 Å². The lowest BCUT2D eigenvalue weighted by Gasteiger charge is -2.25. The summed E-state index contributed by atoms with van der Waals surface area (Å²) < 4.78 is 0. The Balaban J connectivity index is 1.01. The highest BCUT2D eigenvalue weighted by Crippen LogP contribution is 2.56. The summed E-state index contributed by atoms with van der Waals surface area (Å²) in [5, 5.41) is 15.1. The molecule has 0 N–H and O–H groups in total. The first kappa shape index (κ1) is 41.2. The van der Waals surface area contributed by atoms with E-state index in [-0.39, 0.29) is 10.8 Å². The molecule has 0 radical (unpaired) electrons. The van der Waals surface area contributed by atoms with E-state index in [1.165, 1.54) is 154 Å². The van der Waals surface area contributed by atoms with Crippen LogP contribution in [0.5, 0.6) is 0 Å². The van der Waals surface area contributed by atoms with Crippen molar-refractivity contribution in [1.82, 2.24) is 0 Å². The van der Waals surface area contributed by atoms with Crippen molar-refractivity contribution in [2.75, 3.05) is 0 Å². The van der Waals surface area contributed by atoms with Gasteiger partial charge in [0.25, 0.3) is 0 Å². The van der Waals surface area contributed by atoms with E-state index in [2.05, 4.69) is 258 Å². The fourth-order valence-corrected chi connectivity index (χ4v) is 13.8. The second-order valence-electron chi connectivity index (χ2n) is 21.4. The number of hydrogen-bond donors (Lipinski definition) is 0. The van der Waals surface area contributed by atoms with E-state index in [1.807, 2.05) is 0 Å². The Bertz CT molecular complexity index is 4040. The van der Waals surface area contributed by atoms with Crippen molar-refractivity contribution in [3.8, 4) is 66.8 Å². The van der Waals surface area contributed by atoms with Crippen molar-refractivity contribution >= 4 is 64.6 Å². The lowest BCUT2D eigenvalue weighted by atomic mass is 9.78. The van der Waals surface area contributed by atoms with Crippen LogP contribution in [0.1, 0.15) is 49.9 Å². The van der Waals surface area contributed by atoms with Gasteiger partial charge in [0.1, 0.15) is 0 Å². The van der Waals surface area contributed by atoms with Crippen LogP contribution in [0.3, 0.4) is 0 Å². The molecule has 15 rings (SSSR count). The summed E-state index contributed by atoms with van der Waals surface area (Å²) in [5.74, 6) is 0. The van der Waals surface area contributed by atoms with Crippen LogP contribution in [0.25, 0.3) is 131 Å². The fraction of sp³-hybridized carbons (Fsp3) is 0.0833. The van der Waals surface area contributed by atoms with Crippen molar-refractivity contribution in [3.05, 3.63) is 253 Å². The van der Waals surface area contributed by atoms with E-state index in [0.29, 0.717) is 0 Å². The van der Waals surface area contributed by atoms with Gasteiger partial charge in [-0.3, -0.25) is 0 Å². The Labute approximate surface area is 420 Å². The molecule has 0 amide bonds. The van der Waals surface area contributed by atoms with E-state index in [4.69, 9.17) is 0 Å². The van der Waals surface area contributed by atoms with E-state index in [9.17, 15) is 0 Å². The zero-order valence-electron chi connectivity index (χ0n) is 40.9. The van der Waals surface area contributed by atoms with Gasteiger partial charge in [0.2, 0.25) is 0 Å². The van der Waals surface area contributed by atoms with Crippen molar-refractivity contribution < 1.29 is 0 Å². The third kappa shape index (κ3) is 5.53. The maximum atomic E-state index is 2.49. The molecule has 0 bridgehead atoms. The van der Waals surface area contributed by atoms with Gasteiger partial charge in [-0.05, 0) is 166 Å². The second-order valence-corrected chi connectivity index (χ2v) is 21.4. The predicted octanol–water partition coefficient (Wildman–Crippen LogP) is 19.9. The zero-order valence-corrected chi connectivity index (χ0v) is 40.9. The van der Waals surface area contributed by atoms with Gasteiger partial charge < -0.3 is 0 Å². The molecule has 0 aromatic heterocycles. The Morgan fingerprint density at radius 1 is 0.194 bits per heavy atom. The first-order valence-electron chi connectivity index (χ1n) is 25.6. The molecule has 2 aliphatic rings. The third-order valence-electron chi connectivity index (χ3n) is 17.0. The molecule has 0 saturated carbocycles. The molecular formula is C72H50. The van der Waals surface area contributed by atoms with Crippen LogP contribution in [-0.2, 0) is 10.8 Å². The lowest BCUT2D eigenvalue weighted by Crippen LogP contribution is -2.14. The minimum absolute atomic E-state index is 0.101. The standard InChI is InChI=1S/C72H50/c1-71(2)61-35-19-17-21-45(61)47-39-37-43(41-63(47)71)65-49-23-5-9-27-53(49)67(54-28-10-6-24-50(54)65)69-57-31-13-15-33-59(57)70(60-34-16-14-32-58(60)69)68-55-29-11-7-25-51(55)66(52-26-8-12-30-56(52)68)44-38-40-48-46-22-18-20-36-62(46)72(3,4)64(48)42-44/h5-42H,1-4H3. The SMILES string of the molecule is CC1(C)c2ccccc2-c2ccc(-c3c4ccccc4c(-c4c5ccccc5c(-c5c6ccccc6c(-c6ccc7c(c6)C(C)(C)c6ccccc6-7)c6ccccc56)c5ccccc45)c4ccccc34)cc21. The number of benzene rings is 13. The van der Waals surface area contributed by atoms with Gasteiger partial charge in [-0.1, -0.05) is 246 Å². The largest absolute Gasteiger partial charge is 0.0619 e. The molecule has 0 spiro atoms. The Kier molecular flexibility index (Phi) is 8.57. The summed E-state index contributed by atoms with van der Waals surface area (Å²) in [6.45, 7) is 9.53. The van der Waals surface area contributed by atoms with E-state index in [1.54, 1.807) is 0 Å². The topological polar surface area (TPSA) is 0 Å². The average molecular weight is 915 g/mol. The van der Waals surface area contributed by atoms with E-state index in [0.717, 1.165) is 0 Å². The van der Waals surface area contributed by atoms with Gasteiger partial charge in [-0.25, -0.2) is 0 Å². The predicted molar refractivity (Wildman–Crippen MR) is 308 cm³/mol. The third-order valence-corrected chi connectivity index (χ3v) is 17.0. The van der Waals surface area contributed by atoms with Crippen LogP contribution in [0.15, 0.2) is 231 Å².